The van der Waals surface area contributed by atoms with E-state index in [9.17, 15) is 0 Å². The van der Waals surface area contributed by atoms with Crippen molar-refractivity contribution in [1.29, 1.82) is 0 Å². The highest BCUT2D eigenvalue weighted by atomic mass is 15.0. The van der Waals surface area contributed by atoms with Crippen LogP contribution in [0.3, 0.4) is 0 Å². The Balaban J connectivity index is 2.72. The van der Waals surface area contributed by atoms with Gasteiger partial charge in [-0.2, -0.15) is 0 Å². The maximum atomic E-state index is 3.68. The molecule has 1 heteroatoms. The average molecular weight is 261 g/mol. The van der Waals surface area contributed by atoms with Gasteiger partial charge in [-0.05, 0) is 51.5 Å². The summed E-state index contributed by atoms with van der Waals surface area (Å²) in [5.41, 5.74) is 3.34. The van der Waals surface area contributed by atoms with Gasteiger partial charge in [0.1, 0.15) is 0 Å². The van der Waals surface area contributed by atoms with Gasteiger partial charge < -0.3 is 5.32 Å². The Morgan fingerprint density at radius 2 is 1.58 bits per heavy atom. The van der Waals surface area contributed by atoms with Gasteiger partial charge in [-0.1, -0.05) is 50.1 Å². The predicted octanol–water partition coefficient (Wildman–Crippen LogP) is 4.73. The highest BCUT2D eigenvalue weighted by Crippen LogP contribution is 2.28. The summed E-state index contributed by atoms with van der Waals surface area (Å²) in [5.74, 6) is 0. The van der Waals surface area contributed by atoms with E-state index in [0.717, 1.165) is 13.0 Å². The minimum atomic E-state index is 0.197. The lowest BCUT2D eigenvalue weighted by atomic mass is 9.79. The molecule has 1 atom stereocenters. The minimum Gasteiger partial charge on any atom is -0.312 e. The van der Waals surface area contributed by atoms with Crippen molar-refractivity contribution in [2.75, 3.05) is 6.54 Å². The van der Waals surface area contributed by atoms with Gasteiger partial charge in [0, 0.05) is 12.1 Å². The molecule has 1 unspecified atom stereocenters. The normalized spacial score (nSPS) is 15.3. The van der Waals surface area contributed by atoms with Crippen LogP contribution >= 0.6 is 0 Å². The molecule has 1 aromatic carbocycles. The van der Waals surface area contributed by atoms with Gasteiger partial charge in [-0.3, -0.25) is 0 Å². The van der Waals surface area contributed by atoms with E-state index < -0.39 is 0 Å². The second kappa shape index (κ2) is 6.56. The van der Waals surface area contributed by atoms with Crippen molar-refractivity contribution in [3.05, 3.63) is 35.4 Å². The molecule has 1 rings (SSSR count). The van der Waals surface area contributed by atoms with Crippen molar-refractivity contribution in [2.45, 2.75) is 66.3 Å². The topological polar surface area (TPSA) is 12.0 Å². The fourth-order valence-electron chi connectivity index (χ4n) is 2.52. The first-order valence-corrected chi connectivity index (χ1v) is 7.55. The highest BCUT2D eigenvalue weighted by molar-refractivity contribution is 5.22. The summed E-state index contributed by atoms with van der Waals surface area (Å²) in [6, 6.07) is 9.00. The predicted molar refractivity (Wildman–Crippen MR) is 85.7 cm³/mol. The van der Waals surface area contributed by atoms with Gasteiger partial charge in [0.25, 0.3) is 0 Å². The van der Waals surface area contributed by atoms with Crippen LogP contribution in [0.4, 0.5) is 0 Å². The highest BCUT2D eigenvalue weighted by Gasteiger charge is 2.25. The molecular formula is C18H31N. The first-order chi connectivity index (χ1) is 8.74. The zero-order valence-electron chi connectivity index (χ0n) is 13.6. The summed E-state index contributed by atoms with van der Waals surface area (Å²) >= 11 is 0. The monoisotopic (exact) mass is 261 g/mol. The molecule has 0 saturated carbocycles. The summed E-state index contributed by atoms with van der Waals surface area (Å²) in [4.78, 5) is 0. The van der Waals surface area contributed by atoms with Gasteiger partial charge in [0.05, 0.1) is 0 Å². The molecule has 0 aliphatic rings. The lowest BCUT2D eigenvalue weighted by Gasteiger charge is -2.34. The molecule has 0 radical (unpaired) electrons. The van der Waals surface area contributed by atoms with E-state index in [-0.39, 0.29) is 5.54 Å². The van der Waals surface area contributed by atoms with Crippen LogP contribution in [0, 0.1) is 12.3 Å². The number of aryl methyl sites for hydroxylation is 1. The third kappa shape index (κ3) is 6.24. The number of nitrogens with one attached hydrogen (secondary N) is 1. The molecule has 1 nitrogen and oxygen atoms in total. The molecule has 108 valence electrons. The summed E-state index contributed by atoms with van der Waals surface area (Å²) < 4.78 is 0. The Bertz CT molecular complexity index is 372. The van der Waals surface area contributed by atoms with E-state index in [2.05, 4.69) is 71.1 Å². The number of hydrogen-bond donors (Lipinski definition) is 1. The molecule has 1 N–H and O–H groups in total. The van der Waals surface area contributed by atoms with E-state index in [1.54, 1.807) is 0 Å². The maximum Gasteiger partial charge on any atom is 0.00967 e. The van der Waals surface area contributed by atoms with Crippen molar-refractivity contribution in [3.63, 3.8) is 0 Å². The van der Waals surface area contributed by atoms with Crippen LogP contribution in [-0.2, 0) is 6.42 Å². The standard InChI is InChI=1S/C18H31N/c1-7-12-18(6,14-19-17(3,4)5)13-16-10-8-15(2)9-11-16/h8-11,19H,7,12-14H2,1-6H3. The van der Waals surface area contributed by atoms with Crippen LogP contribution in [0.15, 0.2) is 24.3 Å². The van der Waals surface area contributed by atoms with Gasteiger partial charge in [0.2, 0.25) is 0 Å². The van der Waals surface area contributed by atoms with E-state index in [4.69, 9.17) is 0 Å². The summed E-state index contributed by atoms with van der Waals surface area (Å²) in [5, 5.41) is 3.68. The second-order valence-electron chi connectivity index (χ2n) is 7.33. The van der Waals surface area contributed by atoms with Gasteiger partial charge in [-0.25, -0.2) is 0 Å². The molecule has 0 aliphatic heterocycles. The quantitative estimate of drug-likeness (QED) is 0.780. The molecule has 1 aromatic rings. The van der Waals surface area contributed by atoms with Crippen molar-refractivity contribution >= 4 is 0 Å². The molecule has 0 bridgehead atoms. The molecule has 19 heavy (non-hydrogen) atoms. The van der Waals surface area contributed by atoms with Crippen LogP contribution in [0.1, 0.15) is 58.6 Å². The Kier molecular flexibility index (Phi) is 5.61. The van der Waals surface area contributed by atoms with Crippen molar-refractivity contribution in [3.8, 4) is 0 Å². The Hall–Kier alpha value is -0.820. The summed E-state index contributed by atoms with van der Waals surface area (Å²) in [7, 11) is 0. The van der Waals surface area contributed by atoms with E-state index in [0.29, 0.717) is 5.41 Å². The maximum absolute atomic E-state index is 3.68. The van der Waals surface area contributed by atoms with E-state index >= 15 is 0 Å². The molecule has 0 aliphatic carbocycles. The molecule has 0 saturated heterocycles. The largest absolute Gasteiger partial charge is 0.312 e. The van der Waals surface area contributed by atoms with Crippen LogP contribution in [0.2, 0.25) is 0 Å². The third-order valence-corrected chi connectivity index (χ3v) is 3.65. The van der Waals surface area contributed by atoms with Crippen molar-refractivity contribution in [1.82, 2.24) is 5.32 Å². The zero-order valence-corrected chi connectivity index (χ0v) is 13.6. The smallest absolute Gasteiger partial charge is 0.00967 e. The van der Waals surface area contributed by atoms with E-state index in [1.165, 1.54) is 24.0 Å². The Morgan fingerprint density at radius 1 is 1.00 bits per heavy atom. The Morgan fingerprint density at radius 3 is 2.05 bits per heavy atom. The second-order valence-corrected chi connectivity index (χ2v) is 7.33. The van der Waals surface area contributed by atoms with Crippen LogP contribution < -0.4 is 5.32 Å². The fraction of sp³-hybridized carbons (Fsp3) is 0.667. The van der Waals surface area contributed by atoms with Gasteiger partial charge in [-0.15, -0.1) is 0 Å². The Labute approximate surface area is 119 Å². The molecule has 0 amide bonds. The van der Waals surface area contributed by atoms with Crippen molar-refractivity contribution in [2.24, 2.45) is 5.41 Å². The van der Waals surface area contributed by atoms with Gasteiger partial charge >= 0.3 is 0 Å². The molecular weight excluding hydrogens is 230 g/mol. The van der Waals surface area contributed by atoms with Gasteiger partial charge in [0.15, 0.2) is 0 Å². The fourth-order valence-corrected chi connectivity index (χ4v) is 2.52. The number of benzene rings is 1. The molecule has 0 aromatic heterocycles. The SMILES string of the molecule is CCCC(C)(CNC(C)(C)C)Cc1ccc(C)cc1. The third-order valence-electron chi connectivity index (χ3n) is 3.65. The first kappa shape index (κ1) is 16.2. The molecule has 0 spiro atoms. The average Bonchev–Trinajstić information content (AvgIpc) is 2.30. The lowest BCUT2D eigenvalue weighted by molar-refractivity contribution is 0.244. The minimum absolute atomic E-state index is 0.197. The number of hydrogen-bond acceptors (Lipinski definition) is 1. The molecule has 0 heterocycles. The van der Waals surface area contributed by atoms with Crippen LogP contribution in [0.5, 0.6) is 0 Å². The summed E-state index contributed by atoms with van der Waals surface area (Å²) in [6.45, 7) is 14.6. The van der Waals surface area contributed by atoms with E-state index in [1.807, 2.05) is 0 Å². The number of rotatable bonds is 6. The van der Waals surface area contributed by atoms with Crippen LogP contribution in [0.25, 0.3) is 0 Å². The van der Waals surface area contributed by atoms with Crippen molar-refractivity contribution < 1.29 is 0 Å². The zero-order chi connectivity index (χ0) is 14.5. The van der Waals surface area contributed by atoms with Crippen LogP contribution in [-0.4, -0.2) is 12.1 Å². The first-order valence-electron chi connectivity index (χ1n) is 7.55. The summed E-state index contributed by atoms with van der Waals surface area (Å²) in [6.07, 6.45) is 3.67. The molecule has 0 fully saturated rings. The lowest BCUT2D eigenvalue weighted by Crippen LogP contribution is -2.43.